The van der Waals surface area contributed by atoms with E-state index >= 15 is 0 Å². The van der Waals surface area contributed by atoms with Gasteiger partial charge in [-0.1, -0.05) is 22.9 Å². The van der Waals surface area contributed by atoms with Crippen LogP contribution in [0.3, 0.4) is 0 Å². The molecule has 0 unspecified atom stereocenters. The monoisotopic (exact) mass is 464 g/mol. The van der Waals surface area contributed by atoms with Crippen LogP contribution >= 0.6 is 38.9 Å². The van der Waals surface area contributed by atoms with Gasteiger partial charge in [-0.3, -0.25) is 9.89 Å². The summed E-state index contributed by atoms with van der Waals surface area (Å²) in [6.07, 6.45) is 3.48. The Morgan fingerprint density at radius 3 is 2.93 bits per heavy atom. The Balaban J connectivity index is 1.67. The molecule has 0 spiro atoms. The summed E-state index contributed by atoms with van der Waals surface area (Å²) in [7, 11) is 0. The van der Waals surface area contributed by atoms with Gasteiger partial charge < -0.3 is 9.88 Å². The molecule has 27 heavy (non-hydrogen) atoms. The van der Waals surface area contributed by atoms with Crippen molar-refractivity contribution in [1.82, 2.24) is 25.0 Å². The highest BCUT2D eigenvalue weighted by Gasteiger charge is 2.14. The summed E-state index contributed by atoms with van der Waals surface area (Å²) in [4.78, 5) is 12.2. The lowest BCUT2D eigenvalue weighted by Crippen LogP contribution is -2.21. The van der Waals surface area contributed by atoms with Gasteiger partial charge in [0.2, 0.25) is 5.13 Å². The molecule has 0 aliphatic carbocycles. The van der Waals surface area contributed by atoms with Crippen molar-refractivity contribution >= 4 is 60.6 Å². The summed E-state index contributed by atoms with van der Waals surface area (Å²) in [6, 6.07) is 5.56. The SMILES string of the molecule is CC(C)n1cc(-c2nnc(Nc3ccc4[nH]ncc4c3Cl)s2)cc(Br)c1=O. The zero-order valence-electron chi connectivity index (χ0n) is 14.3. The predicted octanol–water partition coefficient (Wildman–Crippen LogP) is 4.98. The molecule has 0 aliphatic rings. The number of nitrogens with zero attached hydrogens (tertiary/aromatic N) is 4. The molecule has 0 radical (unpaired) electrons. The van der Waals surface area contributed by atoms with E-state index in [1.165, 1.54) is 11.3 Å². The maximum Gasteiger partial charge on any atom is 0.265 e. The van der Waals surface area contributed by atoms with Gasteiger partial charge in [-0.15, -0.1) is 10.2 Å². The fraction of sp³-hybridized carbons (Fsp3) is 0.176. The first-order valence-corrected chi connectivity index (χ1v) is 10.1. The number of rotatable bonds is 4. The smallest absolute Gasteiger partial charge is 0.265 e. The number of H-pyrrole nitrogens is 1. The summed E-state index contributed by atoms with van der Waals surface area (Å²) in [6.45, 7) is 3.91. The number of fused-ring (bicyclic) bond motifs is 1. The summed E-state index contributed by atoms with van der Waals surface area (Å²) in [5, 5.41) is 21.2. The molecule has 0 atom stereocenters. The van der Waals surface area contributed by atoms with Crippen LogP contribution in [0, 0.1) is 0 Å². The highest BCUT2D eigenvalue weighted by atomic mass is 79.9. The first-order chi connectivity index (χ1) is 12.9. The third-order valence-electron chi connectivity index (χ3n) is 4.03. The van der Waals surface area contributed by atoms with Crippen molar-refractivity contribution in [2.75, 3.05) is 5.32 Å². The molecule has 0 amide bonds. The molecule has 0 saturated carbocycles. The standard InChI is InChI=1S/C17H14BrClN6OS/c1-8(2)25-7-9(5-11(18)16(25)26)15-23-24-17(27-15)21-13-4-3-12-10(14(13)19)6-20-22-12/h3-8H,1-2H3,(H,20,22)(H,21,24). The number of aromatic nitrogens is 5. The van der Waals surface area contributed by atoms with Crippen molar-refractivity contribution in [2.45, 2.75) is 19.9 Å². The van der Waals surface area contributed by atoms with Crippen LogP contribution in [0.25, 0.3) is 21.5 Å². The lowest BCUT2D eigenvalue weighted by Gasteiger charge is -2.11. The number of pyridine rings is 1. The molecule has 138 valence electrons. The van der Waals surface area contributed by atoms with Crippen molar-refractivity contribution in [3.63, 3.8) is 0 Å². The molecule has 3 aromatic heterocycles. The van der Waals surface area contributed by atoms with E-state index in [2.05, 4.69) is 41.6 Å². The lowest BCUT2D eigenvalue weighted by atomic mass is 10.2. The molecule has 0 saturated heterocycles. The fourth-order valence-corrected chi connectivity index (χ4v) is 4.10. The topological polar surface area (TPSA) is 88.5 Å². The normalized spacial score (nSPS) is 11.4. The van der Waals surface area contributed by atoms with Gasteiger partial charge in [-0.25, -0.2) is 0 Å². The molecule has 7 nitrogen and oxygen atoms in total. The molecule has 3 heterocycles. The molecule has 1 aromatic carbocycles. The zero-order valence-corrected chi connectivity index (χ0v) is 17.5. The minimum atomic E-state index is -0.0724. The average molecular weight is 466 g/mol. The second-order valence-corrected chi connectivity index (χ2v) is 8.39. The van der Waals surface area contributed by atoms with E-state index in [1.807, 2.05) is 26.0 Å². The Hall–Kier alpha value is -2.23. The fourth-order valence-electron chi connectivity index (χ4n) is 2.65. The van der Waals surface area contributed by atoms with Crippen molar-refractivity contribution in [1.29, 1.82) is 0 Å². The molecule has 0 aliphatic heterocycles. The average Bonchev–Trinajstić information content (AvgIpc) is 3.29. The van der Waals surface area contributed by atoms with Crippen LogP contribution in [0.15, 0.2) is 39.9 Å². The van der Waals surface area contributed by atoms with Gasteiger partial charge in [0.25, 0.3) is 5.56 Å². The number of halogens is 2. The van der Waals surface area contributed by atoms with E-state index in [0.717, 1.165) is 22.2 Å². The predicted molar refractivity (Wildman–Crippen MR) is 112 cm³/mol. The summed E-state index contributed by atoms with van der Waals surface area (Å²) in [5.41, 5.74) is 2.33. The lowest BCUT2D eigenvalue weighted by molar-refractivity contribution is 0.577. The third-order valence-corrected chi connectivity index (χ3v) is 5.89. The van der Waals surface area contributed by atoms with Gasteiger partial charge in [0.15, 0.2) is 5.01 Å². The molecule has 4 rings (SSSR count). The molecular formula is C17H14BrClN6OS. The second-order valence-electron chi connectivity index (χ2n) is 6.18. The van der Waals surface area contributed by atoms with Crippen LogP contribution in [-0.2, 0) is 0 Å². The van der Waals surface area contributed by atoms with Gasteiger partial charge in [0, 0.05) is 23.2 Å². The van der Waals surface area contributed by atoms with Crippen molar-refractivity contribution in [2.24, 2.45) is 0 Å². The van der Waals surface area contributed by atoms with E-state index in [-0.39, 0.29) is 11.6 Å². The quantitative estimate of drug-likeness (QED) is 0.443. The van der Waals surface area contributed by atoms with Crippen molar-refractivity contribution < 1.29 is 0 Å². The number of hydrogen-bond acceptors (Lipinski definition) is 6. The van der Waals surface area contributed by atoms with E-state index in [0.29, 0.717) is 19.6 Å². The summed E-state index contributed by atoms with van der Waals surface area (Å²) in [5.74, 6) is 0. The summed E-state index contributed by atoms with van der Waals surface area (Å²) < 4.78 is 2.16. The van der Waals surface area contributed by atoms with Gasteiger partial charge >= 0.3 is 0 Å². The van der Waals surface area contributed by atoms with Gasteiger partial charge in [0.05, 0.1) is 26.9 Å². The van der Waals surface area contributed by atoms with Crippen LogP contribution in [-0.4, -0.2) is 25.0 Å². The number of benzene rings is 1. The molecular weight excluding hydrogens is 452 g/mol. The Kier molecular flexibility index (Phi) is 4.75. The molecule has 10 heteroatoms. The largest absolute Gasteiger partial charge is 0.329 e. The highest BCUT2D eigenvalue weighted by Crippen LogP contribution is 2.34. The van der Waals surface area contributed by atoms with E-state index < -0.39 is 0 Å². The van der Waals surface area contributed by atoms with Crippen molar-refractivity contribution in [3.8, 4) is 10.6 Å². The van der Waals surface area contributed by atoms with Crippen LogP contribution in [0.2, 0.25) is 5.02 Å². The maximum atomic E-state index is 12.2. The van der Waals surface area contributed by atoms with Crippen LogP contribution in [0.1, 0.15) is 19.9 Å². The van der Waals surface area contributed by atoms with E-state index in [1.54, 1.807) is 23.0 Å². The molecule has 4 aromatic rings. The van der Waals surface area contributed by atoms with Gasteiger partial charge in [0.1, 0.15) is 0 Å². The first kappa shape index (κ1) is 18.1. The first-order valence-electron chi connectivity index (χ1n) is 8.08. The van der Waals surface area contributed by atoms with Gasteiger partial charge in [-0.05, 0) is 48.0 Å². The van der Waals surface area contributed by atoms with Crippen LogP contribution in [0.4, 0.5) is 10.8 Å². The summed E-state index contributed by atoms with van der Waals surface area (Å²) >= 11 is 11.2. The number of aromatic amines is 1. The maximum absolute atomic E-state index is 12.2. The molecule has 0 fully saturated rings. The van der Waals surface area contributed by atoms with Crippen LogP contribution in [0.5, 0.6) is 0 Å². The van der Waals surface area contributed by atoms with Gasteiger partial charge in [-0.2, -0.15) is 5.10 Å². The molecule has 0 bridgehead atoms. The number of anilines is 2. The number of hydrogen-bond donors (Lipinski definition) is 2. The Bertz CT molecular complexity index is 1200. The highest BCUT2D eigenvalue weighted by molar-refractivity contribution is 9.10. The third kappa shape index (κ3) is 3.38. The van der Waals surface area contributed by atoms with Crippen molar-refractivity contribution in [3.05, 3.63) is 50.4 Å². The van der Waals surface area contributed by atoms with E-state index in [9.17, 15) is 4.79 Å². The Labute approximate surface area is 171 Å². The zero-order chi connectivity index (χ0) is 19.1. The Morgan fingerprint density at radius 1 is 1.33 bits per heavy atom. The minimum absolute atomic E-state index is 0.0414. The number of nitrogens with one attached hydrogen (secondary N) is 2. The van der Waals surface area contributed by atoms with Crippen LogP contribution < -0.4 is 10.9 Å². The van der Waals surface area contributed by atoms with E-state index in [4.69, 9.17) is 11.6 Å². The Morgan fingerprint density at radius 2 is 2.15 bits per heavy atom. The second kappa shape index (κ2) is 7.06. The molecule has 2 N–H and O–H groups in total. The minimum Gasteiger partial charge on any atom is -0.329 e.